The van der Waals surface area contributed by atoms with Crippen LogP contribution < -0.4 is 10.2 Å². The number of hydrogen-bond acceptors (Lipinski definition) is 2. The van der Waals surface area contributed by atoms with Crippen LogP contribution in [-0.4, -0.2) is 24.4 Å². The number of para-hydroxylation sites is 1. The molecule has 1 aromatic rings. The fourth-order valence-corrected chi connectivity index (χ4v) is 2.35. The van der Waals surface area contributed by atoms with Crippen molar-refractivity contribution in [3.63, 3.8) is 0 Å². The van der Waals surface area contributed by atoms with Gasteiger partial charge in [-0.25, -0.2) is 0 Å². The quantitative estimate of drug-likeness (QED) is 0.837. The Morgan fingerprint density at radius 1 is 1.21 bits per heavy atom. The first-order valence-corrected chi connectivity index (χ1v) is 6.51. The van der Waals surface area contributed by atoms with E-state index in [0.29, 0.717) is 0 Å². The van der Waals surface area contributed by atoms with Gasteiger partial charge >= 0.3 is 0 Å². The van der Waals surface area contributed by atoms with E-state index in [0.717, 1.165) is 11.3 Å². The van der Waals surface area contributed by atoms with Crippen LogP contribution in [0.3, 0.4) is 0 Å². The van der Waals surface area contributed by atoms with Gasteiger partial charge in [-0.1, -0.05) is 39.0 Å². The van der Waals surface area contributed by atoms with E-state index in [9.17, 15) is 9.59 Å². The zero-order chi connectivity index (χ0) is 14.2. The van der Waals surface area contributed by atoms with Gasteiger partial charge in [0.1, 0.15) is 12.6 Å². The molecule has 1 N–H and O–H groups in total. The van der Waals surface area contributed by atoms with Crippen molar-refractivity contribution in [1.29, 1.82) is 0 Å². The molecule has 4 nitrogen and oxygen atoms in total. The maximum Gasteiger partial charge on any atom is 0.249 e. The summed E-state index contributed by atoms with van der Waals surface area (Å²) in [6.07, 6.45) is 0. The lowest BCUT2D eigenvalue weighted by molar-refractivity contribution is -0.130. The van der Waals surface area contributed by atoms with Gasteiger partial charge in [0.15, 0.2) is 0 Å². The molecule has 4 heteroatoms. The average Bonchev–Trinajstić information content (AvgIpc) is 2.33. The van der Waals surface area contributed by atoms with E-state index >= 15 is 0 Å². The fraction of sp³-hybridized carbons (Fsp3) is 0.467. The molecule has 0 bridgehead atoms. The zero-order valence-corrected chi connectivity index (χ0v) is 11.9. The summed E-state index contributed by atoms with van der Waals surface area (Å²) < 4.78 is 0. The summed E-state index contributed by atoms with van der Waals surface area (Å²) in [6, 6.07) is 7.31. The maximum atomic E-state index is 12.3. The minimum atomic E-state index is -0.464. The van der Waals surface area contributed by atoms with Crippen molar-refractivity contribution in [3.8, 4) is 0 Å². The largest absolute Gasteiger partial charge is 0.343 e. The molecule has 0 spiro atoms. The molecule has 1 fully saturated rings. The van der Waals surface area contributed by atoms with Gasteiger partial charge in [-0.2, -0.15) is 0 Å². The van der Waals surface area contributed by atoms with Crippen molar-refractivity contribution < 1.29 is 9.59 Å². The predicted octanol–water partition coefficient (Wildman–Crippen LogP) is 1.84. The Labute approximate surface area is 113 Å². The van der Waals surface area contributed by atoms with Gasteiger partial charge in [-0.3, -0.25) is 9.59 Å². The number of carbonyl (C=O) groups excluding carboxylic acids is 2. The molecule has 0 saturated carbocycles. The first kappa shape index (κ1) is 13.6. The van der Waals surface area contributed by atoms with E-state index in [2.05, 4.69) is 26.1 Å². The lowest BCUT2D eigenvalue weighted by Crippen LogP contribution is -2.57. The maximum absolute atomic E-state index is 12.3. The van der Waals surface area contributed by atoms with E-state index in [1.54, 1.807) is 11.8 Å². The second kappa shape index (κ2) is 4.68. The highest BCUT2D eigenvalue weighted by atomic mass is 16.2. The van der Waals surface area contributed by atoms with Crippen LogP contribution in [0, 0.1) is 0 Å². The molecular formula is C15H20N2O2. The van der Waals surface area contributed by atoms with Crippen molar-refractivity contribution >= 4 is 17.5 Å². The normalized spacial score (nSPS) is 20.4. The summed E-state index contributed by atoms with van der Waals surface area (Å²) >= 11 is 0. The Kier molecular flexibility index (Phi) is 3.35. The van der Waals surface area contributed by atoms with Crippen molar-refractivity contribution in [2.45, 2.75) is 39.2 Å². The fourth-order valence-electron chi connectivity index (χ4n) is 2.35. The molecule has 1 aromatic carbocycles. The van der Waals surface area contributed by atoms with Crippen LogP contribution in [0.25, 0.3) is 0 Å². The molecule has 1 unspecified atom stereocenters. The lowest BCUT2D eigenvalue weighted by atomic mass is 9.85. The van der Waals surface area contributed by atoms with Crippen LogP contribution in [-0.2, 0) is 15.0 Å². The Morgan fingerprint density at radius 2 is 1.84 bits per heavy atom. The van der Waals surface area contributed by atoms with E-state index in [-0.39, 0.29) is 23.8 Å². The lowest BCUT2D eigenvalue weighted by Gasteiger charge is -2.34. The molecule has 102 valence electrons. The van der Waals surface area contributed by atoms with Crippen LogP contribution in [0.4, 0.5) is 5.69 Å². The van der Waals surface area contributed by atoms with Crippen molar-refractivity contribution in [1.82, 2.24) is 5.32 Å². The van der Waals surface area contributed by atoms with E-state index in [4.69, 9.17) is 0 Å². The number of carbonyl (C=O) groups is 2. The Hall–Kier alpha value is -1.84. The van der Waals surface area contributed by atoms with Gasteiger partial charge in [0, 0.05) is 5.69 Å². The van der Waals surface area contributed by atoms with Crippen molar-refractivity contribution in [3.05, 3.63) is 29.8 Å². The molecule has 0 aliphatic carbocycles. The number of piperazine rings is 1. The Bertz CT molecular complexity index is 517. The standard InChI is InChI=1S/C15H20N2O2/c1-10-14(19)17(9-13(18)16-10)12-8-6-5-7-11(12)15(2,3)4/h5-8,10H,9H2,1-4H3,(H,16,18). The monoisotopic (exact) mass is 260 g/mol. The first-order valence-electron chi connectivity index (χ1n) is 6.51. The number of rotatable bonds is 1. The molecule has 19 heavy (non-hydrogen) atoms. The Morgan fingerprint density at radius 3 is 2.47 bits per heavy atom. The molecule has 1 heterocycles. The third-order valence-corrected chi connectivity index (χ3v) is 3.32. The molecule has 0 aromatic heterocycles. The number of nitrogens with one attached hydrogen (secondary N) is 1. The highest BCUT2D eigenvalue weighted by molar-refractivity contribution is 6.06. The number of anilines is 1. The third kappa shape index (κ3) is 2.62. The van der Waals surface area contributed by atoms with E-state index < -0.39 is 6.04 Å². The highest BCUT2D eigenvalue weighted by Gasteiger charge is 2.33. The molecule has 1 aliphatic rings. The minimum Gasteiger partial charge on any atom is -0.343 e. The molecule has 1 saturated heterocycles. The zero-order valence-electron chi connectivity index (χ0n) is 11.9. The average molecular weight is 260 g/mol. The number of amides is 2. The van der Waals surface area contributed by atoms with Crippen LogP contribution in [0.15, 0.2) is 24.3 Å². The topological polar surface area (TPSA) is 49.4 Å². The van der Waals surface area contributed by atoms with Gasteiger partial charge < -0.3 is 10.2 Å². The first-order chi connectivity index (χ1) is 8.80. The Balaban J connectivity index is 2.46. The predicted molar refractivity (Wildman–Crippen MR) is 75.1 cm³/mol. The number of benzene rings is 1. The number of hydrogen-bond donors (Lipinski definition) is 1. The summed E-state index contributed by atoms with van der Waals surface area (Å²) in [6.45, 7) is 8.11. The third-order valence-electron chi connectivity index (χ3n) is 3.32. The van der Waals surface area contributed by atoms with Crippen molar-refractivity contribution in [2.75, 3.05) is 11.4 Å². The summed E-state index contributed by atoms with van der Waals surface area (Å²) in [5.41, 5.74) is 1.83. The highest BCUT2D eigenvalue weighted by Crippen LogP contribution is 2.32. The summed E-state index contributed by atoms with van der Waals surface area (Å²) in [5, 5.41) is 2.66. The minimum absolute atomic E-state index is 0.0590. The van der Waals surface area contributed by atoms with Gasteiger partial charge in [-0.05, 0) is 24.0 Å². The molecular weight excluding hydrogens is 240 g/mol. The van der Waals surface area contributed by atoms with Gasteiger partial charge in [0.05, 0.1) is 0 Å². The smallest absolute Gasteiger partial charge is 0.249 e. The molecule has 2 rings (SSSR count). The van der Waals surface area contributed by atoms with E-state index in [1.165, 1.54) is 0 Å². The second-order valence-corrected chi connectivity index (χ2v) is 5.98. The van der Waals surface area contributed by atoms with Gasteiger partial charge in [0.25, 0.3) is 0 Å². The van der Waals surface area contributed by atoms with Crippen LogP contribution in [0.5, 0.6) is 0 Å². The molecule has 0 radical (unpaired) electrons. The van der Waals surface area contributed by atoms with Gasteiger partial charge in [0.2, 0.25) is 11.8 Å². The van der Waals surface area contributed by atoms with Crippen LogP contribution in [0.1, 0.15) is 33.3 Å². The van der Waals surface area contributed by atoms with Crippen molar-refractivity contribution in [2.24, 2.45) is 0 Å². The van der Waals surface area contributed by atoms with Gasteiger partial charge in [-0.15, -0.1) is 0 Å². The molecule has 2 amide bonds. The van der Waals surface area contributed by atoms with Crippen LogP contribution >= 0.6 is 0 Å². The summed E-state index contributed by atoms with van der Waals surface area (Å²) in [7, 11) is 0. The summed E-state index contributed by atoms with van der Waals surface area (Å²) in [5.74, 6) is -0.174. The second-order valence-electron chi connectivity index (χ2n) is 5.98. The van der Waals surface area contributed by atoms with Crippen LogP contribution in [0.2, 0.25) is 0 Å². The molecule has 1 atom stereocenters. The summed E-state index contributed by atoms with van der Waals surface area (Å²) in [4.78, 5) is 25.5. The SMILES string of the molecule is CC1NC(=O)CN(c2ccccc2C(C)(C)C)C1=O. The van der Waals surface area contributed by atoms with E-state index in [1.807, 2.05) is 24.3 Å². The number of nitrogens with zero attached hydrogens (tertiary/aromatic N) is 1. The molecule has 1 aliphatic heterocycles.